The van der Waals surface area contributed by atoms with Crippen LogP contribution >= 0.6 is 0 Å². The quantitative estimate of drug-likeness (QED) is 0.487. The molecule has 9 nitrogen and oxygen atoms in total. The van der Waals surface area contributed by atoms with E-state index in [2.05, 4.69) is 4.90 Å². The lowest BCUT2D eigenvalue weighted by Crippen LogP contribution is -2.53. The molecule has 32 heavy (non-hydrogen) atoms. The van der Waals surface area contributed by atoms with Gasteiger partial charge >= 0.3 is 17.9 Å². The first-order valence-corrected chi connectivity index (χ1v) is 11.7. The number of esters is 3. The lowest BCUT2D eigenvalue weighted by molar-refractivity contribution is -0.165. The van der Waals surface area contributed by atoms with Crippen molar-refractivity contribution in [2.45, 2.75) is 65.0 Å². The fraction of sp³-hybridized carbons (Fsp3) is 0.870. The summed E-state index contributed by atoms with van der Waals surface area (Å²) >= 11 is 0. The standard InChI is InChI=1S/C23H35NO8/c1-12-9-16-19(15(22(28)32-16)11-24-5-7-29-8-6-24)21(27)23(4)18(31-14(3)26)10-17(20(12)23)30-13(2)25/h12,15-21,27H,5-11H2,1-4H3/t12-,15-,16+,17+,18+,19-,20-,21+,23-/m1/s1. The minimum atomic E-state index is -0.954. The molecule has 180 valence electrons. The van der Waals surface area contributed by atoms with Gasteiger partial charge in [0.1, 0.15) is 18.3 Å². The smallest absolute Gasteiger partial charge is 0.311 e. The second-order valence-corrected chi connectivity index (χ2v) is 10.1. The average molecular weight is 454 g/mol. The molecule has 2 saturated heterocycles. The van der Waals surface area contributed by atoms with Gasteiger partial charge in [-0.2, -0.15) is 0 Å². The van der Waals surface area contributed by atoms with Crippen molar-refractivity contribution in [3.63, 3.8) is 0 Å². The van der Waals surface area contributed by atoms with Gasteiger partial charge in [-0.25, -0.2) is 0 Å². The molecule has 9 heteroatoms. The number of hydrogen-bond acceptors (Lipinski definition) is 9. The lowest BCUT2D eigenvalue weighted by atomic mass is 9.66. The Bertz CT molecular complexity index is 752. The summed E-state index contributed by atoms with van der Waals surface area (Å²) in [6.45, 7) is 9.86. The maximum Gasteiger partial charge on any atom is 0.311 e. The Balaban J connectivity index is 1.68. The number of rotatable bonds is 4. The molecule has 0 unspecified atom stereocenters. The van der Waals surface area contributed by atoms with Crippen molar-refractivity contribution in [1.82, 2.24) is 4.90 Å². The zero-order valence-corrected chi connectivity index (χ0v) is 19.3. The van der Waals surface area contributed by atoms with Crippen molar-refractivity contribution in [1.29, 1.82) is 0 Å². The summed E-state index contributed by atoms with van der Waals surface area (Å²) in [5.74, 6) is -2.24. The number of carbonyl (C=O) groups is 3. The third kappa shape index (κ3) is 4.03. The number of ether oxygens (including phenoxy) is 4. The molecular weight excluding hydrogens is 418 g/mol. The minimum absolute atomic E-state index is 0.00973. The van der Waals surface area contributed by atoms with Gasteiger partial charge in [-0.1, -0.05) is 13.8 Å². The Morgan fingerprint density at radius 1 is 1.16 bits per heavy atom. The van der Waals surface area contributed by atoms with Crippen LogP contribution in [0.4, 0.5) is 0 Å². The Morgan fingerprint density at radius 3 is 2.44 bits per heavy atom. The zero-order valence-electron chi connectivity index (χ0n) is 19.3. The number of aliphatic hydroxyl groups excluding tert-OH is 1. The molecule has 0 bridgehead atoms. The number of nitrogens with zero attached hydrogens (tertiary/aromatic N) is 1. The summed E-state index contributed by atoms with van der Waals surface area (Å²) in [6.07, 6.45) is -1.56. The van der Waals surface area contributed by atoms with Crippen LogP contribution in [0.15, 0.2) is 0 Å². The SMILES string of the molecule is CC(=O)O[C@H]1C[C@H](OC(C)=O)[C@]2(C)[C@@H]1[C@H](C)C[C@@H]1OC(=O)[C@H](CN3CCOCC3)[C@H]1[C@@H]2O. The second-order valence-electron chi connectivity index (χ2n) is 10.1. The normalized spacial score (nSPS) is 44.2. The van der Waals surface area contributed by atoms with Crippen molar-refractivity contribution < 1.29 is 38.4 Å². The summed E-state index contributed by atoms with van der Waals surface area (Å²) in [4.78, 5) is 38.8. The monoisotopic (exact) mass is 453 g/mol. The van der Waals surface area contributed by atoms with Gasteiger partial charge in [0.05, 0.1) is 25.2 Å². The molecule has 4 fully saturated rings. The van der Waals surface area contributed by atoms with Crippen molar-refractivity contribution >= 4 is 17.9 Å². The summed E-state index contributed by atoms with van der Waals surface area (Å²) < 4.78 is 22.6. The molecule has 1 N–H and O–H groups in total. The topological polar surface area (TPSA) is 112 Å². The van der Waals surface area contributed by atoms with Crippen LogP contribution in [-0.2, 0) is 33.3 Å². The van der Waals surface area contributed by atoms with Crippen LogP contribution in [0.1, 0.15) is 40.5 Å². The second kappa shape index (κ2) is 8.91. The highest BCUT2D eigenvalue weighted by atomic mass is 16.6. The van der Waals surface area contributed by atoms with E-state index in [0.29, 0.717) is 32.6 Å². The highest BCUT2D eigenvalue weighted by molar-refractivity contribution is 5.76. The number of aliphatic hydroxyl groups is 1. The predicted molar refractivity (Wildman–Crippen MR) is 111 cm³/mol. The Labute approximate surface area is 188 Å². The van der Waals surface area contributed by atoms with E-state index in [4.69, 9.17) is 18.9 Å². The summed E-state index contributed by atoms with van der Waals surface area (Å²) in [5, 5.41) is 11.9. The molecule has 0 aromatic carbocycles. The third-order valence-electron chi connectivity index (χ3n) is 8.13. The maximum absolute atomic E-state index is 12.9. The molecule has 0 spiro atoms. The first-order valence-electron chi connectivity index (χ1n) is 11.7. The van der Waals surface area contributed by atoms with Crippen molar-refractivity contribution in [3.05, 3.63) is 0 Å². The van der Waals surface area contributed by atoms with Crippen molar-refractivity contribution in [3.8, 4) is 0 Å². The predicted octanol–water partition coefficient (Wildman–Crippen LogP) is 0.767. The first-order chi connectivity index (χ1) is 15.1. The maximum atomic E-state index is 12.9. The van der Waals surface area contributed by atoms with Gasteiger partial charge in [0, 0.05) is 57.2 Å². The van der Waals surface area contributed by atoms with Crippen LogP contribution in [0.2, 0.25) is 0 Å². The fourth-order valence-corrected chi connectivity index (χ4v) is 6.85. The van der Waals surface area contributed by atoms with Crippen molar-refractivity contribution in [2.24, 2.45) is 29.1 Å². The number of morpholine rings is 1. The molecule has 0 radical (unpaired) electrons. The molecule has 0 aromatic heterocycles. The van der Waals surface area contributed by atoms with Crippen LogP contribution in [-0.4, -0.2) is 85.2 Å². The Hall–Kier alpha value is -1.71. The number of carbonyl (C=O) groups excluding carboxylic acids is 3. The number of fused-ring (bicyclic) bond motifs is 2. The first kappa shape index (κ1) is 23.4. The zero-order chi connectivity index (χ0) is 23.2. The molecule has 4 rings (SSSR count). The Kier molecular flexibility index (Phi) is 6.53. The van der Waals surface area contributed by atoms with Crippen LogP contribution in [0.5, 0.6) is 0 Å². The molecule has 4 aliphatic rings. The van der Waals surface area contributed by atoms with Crippen LogP contribution in [0.3, 0.4) is 0 Å². The van der Waals surface area contributed by atoms with E-state index in [9.17, 15) is 19.5 Å². The highest BCUT2D eigenvalue weighted by Crippen LogP contribution is 2.58. The molecule has 9 atom stereocenters. The highest BCUT2D eigenvalue weighted by Gasteiger charge is 2.67. The largest absolute Gasteiger partial charge is 0.462 e. The van der Waals surface area contributed by atoms with Gasteiger partial charge in [0.15, 0.2) is 0 Å². The minimum Gasteiger partial charge on any atom is -0.462 e. The molecule has 2 saturated carbocycles. The molecule has 0 aromatic rings. The van der Waals surface area contributed by atoms with E-state index >= 15 is 0 Å². The van der Waals surface area contributed by atoms with Crippen LogP contribution in [0.25, 0.3) is 0 Å². The van der Waals surface area contributed by atoms with Gasteiger partial charge in [0.25, 0.3) is 0 Å². The average Bonchev–Trinajstić information content (AvgIpc) is 3.12. The van der Waals surface area contributed by atoms with E-state index in [-0.39, 0.29) is 17.8 Å². The summed E-state index contributed by atoms with van der Waals surface area (Å²) in [6, 6.07) is 0. The van der Waals surface area contributed by atoms with Crippen LogP contribution < -0.4 is 0 Å². The van der Waals surface area contributed by atoms with E-state index in [0.717, 1.165) is 13.1 Å². The van der Waals surface area contributed by atoms with E-state index in [1.165, 1.54) is 13.8 Å². The fourth-order valence-electron chi connectivity index (χ4n) is 6.85. The summed E-state index contributed by atoms with van der Waals surface area (Å²) in [7, 11) is 0. The van der Waals surface area contributed by atoms with Gasteiger partial charge in [-0.3, -0.25) is 19.3 Å². The molecule has 0 amide bonds. The summed E-state index contributed by atoms with van der Waals surface area (Å²) in [5.41, 5.74) is -0.873. The molecular formula is C23H35NO8. The van der Waals surface area contributed by atoms with E-state index in [1.807, 2.05) is 13.8 Å². The van der Waals surface area contributed by atoms with Gasteiger partial charge < -0.3 is 24.1 Å². The van der Waals surface area contributed by atoms with Gasteiger partial charge in [-0.05, 0) is 12.3 Å². The van der Waals surface area contributed by atoms with Crippen molar-refractivity contribution in [2.75, 3.05) is 32.8 Å². The van der Waals surface area contributed by atoms with Crippen LogP contribution in [0, 0.1) is 29.1 Å². The molecule has 2 aliphatic carbocycles. The van der Waals surface area contributed by atoms with Gasteiger partial charge in [-0.15, -0.1) is 0 Å². The molecule has 2 heterocycles. The lowest BCUT2D eigenvalue weighted by Gasteiger charge is -2.43. The number of hydrogen-bond donors (Lipinski definition) is 1. The van der Waals surface area contributed by atoms with E-state index in [1.54, 1.807) is 0 Å². The van der Waals surface area contributed by atoms with E-state index < -0.39 is 53.6 Å². The Morgan fingerprint density at radius 2 is 1.81 bits per heavy atom. The molecule has 2 aliphatic heterocycles. The van der Waals surface area contributed by atoms with Gasteiger partial charge in [0.2, 0.25) is 0 Å². The third-order valence-corrected chi connectivity index (χ3v) is 8.13.